The number of carbonyl (C=O) groups excluding carboxylic acids is 1. The van der Waals surface area contributed by atoms with Crippen LogP contribution in [0.3, 0.4) is 0 Å². The number of likely N-dealkylation sites (N-methyl/N-ethyl adjacent to an activating group) is 1. The molecule has 8 nitrogen and oxygen atoms in total. The van der Waals surface area contributed by atoms with Crippen LogP contribution in [0.1, 0.15) is 264 Å². The molecular weight excluding hydrogens is 804 g/mol. The summed E-state index contributed by atoms with van der Waals surface area (Å²) in [6.07, 6.45) is 56.7. The van der Waals surface area contributed by atoms with Crippen LogP contribution in [-0.2, 0) is 18.4 Å². The second-order valence-electron chi connectivity index (χ2n) is 19.9. The van der Waals surface area contributed by atoms with Crippen molar-refractivity contribution in [1.29, 1.82) is 0 Å². The van der Waals surface area contributed by atoms with E-state index in [4.69, 9.17) is 9.05 Å². The summed E-state index contributed by atoms with van der Waals surface area (Å²) in [6.45, 7) is 4.67. The van der Waals surface area contributed by atoms with Gasteiger partial charge in [-0.3, -0.25) is 9.36 Å². The fraction of sp³-hybridized carbons (Fsp3) is 0.907. The van der Waals surface area contributed by atoms with E-state index >= 15 is 0 Å². The highest BCUT2D eigenvalue weighted by Crippen LogP contribution is 2.38. The normalized spacial score (nSPS) is 14.2. The molecule has 0 aromatic carbocycles. The van der Waals surface area contributed by atoms with Gasteiger partial charge in [0.2, 0.25) is 5.91 Å². The molecule has 2 N–H and O–H groups in total. The highest BCUT2D eigenvalue weighted by Gasteiger charge is 2.23. The molecule has 374 valence electrons. The van der Waals surface area contributed by atoms with Crippen LogP contribution in [0, 0.1) is 0 Å². The van der Waals surface area contributed by atoms with Crippen LogP contribution in [0.4, 0.5) is 0 Å². The van der Waals surface area contributed by atoms with Gasteiger partial charge < -0.3 is 28.8 Å². The monoisotopic (exact) mass is 911 g/mol. The maximum absolute atomic E-state index is 12.9. The molecule has 63 heavy (non-hydrogen) atoms. The number of phosphoric ester groups is 1. The van der Waals surface area contributed by atoms with Gasteiger partial charge in [0, 0.05) is 6.42 Å². The van der Waals surface area contributed by atoms with Crippen molar-refractivity contribution < 1.29 is 32.9 Å². The smallest absolute Gasteiger partial charge is 0.268 e. The van der Waals surface area contributed by atoms with E-state index < -0.39 is 20.0 Å². The van der Waals surface area contributed by atoms with E-state index in [1.165, 1.54) is 205 Å². The Morgan fingerprint density at radius 2 is 0.873 bits per heavy atom. The van der Waals surface area contributed by atoms with Crippen LogP contribution in [0.25, 0.3) is 0 Å². The molecule has 0 aliphatic heterocycles. The minimum absolute atomic E-state index is 0.000994. The van der Waals surface area contributed by atoms with Gasteiger partial charge in [0.1, 0.15) is 13.2 Å². The zero-order chi connectivity index (χ0) is 46.4. The third-order valence-corrected chi connectivity index (χ3v) is 13.4. The molecule has 0 spiro atoms. The molecule has 0 aromatic heterocycles. The fourth-order valence-electron chi connectivity index (χ4n) is 8.09. The summed E-state index contributed by atoms with van der Waals surface area (Å²) < 4.78 is 23.3. The molecule has 3 unspecified atom stereocenters. The van der Waals surface area contributed by atoms with E-state index in [0.717, 1.165) is 38.5 Å². The standard InChI is InChI=1S/C54H107N2O6P/c1-6-8-10-12-14-16-18-20-22-23-24-25-26-27-28-29-30-31-32-33-34-36-38-40-42-44-46-48-54(58)55-52(51-62-63(59,60)61-50-49-56(3,4)5)53(57)47-45-43-41-39-37-35-21-19-17-15-13-11-9-7-2/h23-24,45,47,52-53,57H,6-22,25-44,46,48-51H2,1-5H3,(H-,55,58,59,60)/b24-23-,47-45+. The summed E-state index contributed by atoms with van der Waals surface area (Å²) in [7, 11) is 1.27. The zero-order valence-corrected chi connectivity index (χ0v) is 43.4. The number of phosphoric acid groups is 1. The summed E-state index contributed by atoms with van der Waals surface area (Å²) in [5.74, 6) is -0.194. The quantitative estimate of drug-likeness (QED) is 0.0272. The van der Waals surface area contributed by atoms with Crippen molar-refractivity contribution in [1.82, 2.24) is 5.32 Å². The minimum Gasteiger partial charge on any atom is -0.756 e. The predicted octanol–water partition coefficient (Wildman–Crippen LogP) is 15.4. The number of aliphatic hydroxyl groups is 1. The SMILES string of the molecule is CCCCCCCCCC/C=C\CCCCCCCCCCCCCCCCCC(=O)NC(COP(=O)([O-])OCC[N+](C)(C)C)C(O)/C=C/CCCCCCCCCCCCCC. The fourth-order valence-corrected chi connectivity index (χ4v) is 8.81. The average Bonchev–Trinajstić information content (AvgIpc) is 3.24. The molecule has 0 aliphatic carbocycles. The van der Waals surface area contributed by atoms with Gasteiger partial charge in [-0.2, -0.15) is 0 Å². The van der Waals surface area contributed by atoms with Gasteiger partial charge in [0.25, 0.3) is 7.82 Å². The molecule has 3 atom stereocenters. The van der Waals surface area contributed by atoms with E-state index in [-0.39, 0.29) is 19.1 Å². The van der Waals surface area contributed by atoms with Crippen molar-refractivity contribution >= 4 is 13.7 Å². The lowest BCUT2D eigenvalue weighted by Gasteiger charge is -2.29. The second kappa shape index (κ2) is 46.1. The van der Waals surface area contributed by atoms with Gasteiger partial charge in [-0.15, -0.1) is 0 Å². The van der Waals surface area contributed by atoms with E-state index in [9.17, 15) is 19.4 Å². The Labute approximate surface area is 392 Å². The van der Waals surface area contributed by atoms with Crippen LogP contribution in [0.15, 0.2) is 24.3 Å². The van der Waals surface area contributed by atoms with Gasteiger partial charge in [0.05, 0.1) is 39.9 Å². The summed E-state index contributed by atoms with van der Waals surface area (Å²) >= 11 is 0. The van der Waals surface area contributed by atoms with Gasteiger partial charge in [-0.1, -0.05) is 237 Å². The first kappa shape index (κ1) is 62.0. The van der Waals surface area contributed by atoms with Crippen LogP contribution < -0.4 is 10.2 Å². The number of quaternary nitrogens is 1. The number of nitrogens with zero attached hydrogens (tertiary/aromatic N) is 1. The Bertz CT molecular complexity index is 1080. The lowest BCUT2D eigenvalue weighted by molar-refractivity contribution is -0.870. The summed E-state index contributed by atoms with van der Waals surface area (Å²) in [5.41, 5.74) is 0. The average molecular weight is 911 g/mol. The Kier molecular flexibility index (Phi) is 45.4. The van der Waals surface area contributed by atoms with Gasteiger partial charge in [-0.25, -0.2) is 0 Å². The molecule has 0 radical (unpaired) electrons. The predicted molar refractivity (Wildman–Crippen MR) is 270 cm³/mol. The zero-order valence-electron chi connectivity index (χ0n) is 42.5. The highest BCUT2D eigenvalue weighted by molar-refractivity contribution is 7.45. The number of unbranched alkanes of at least 4 members (excludes halogenated alkanes) is 35. The Hall–Kier alpha value is -1.02. The van der Waals surface area contributed by atoms with E-state index in [1.54, 1.807) is 6.08 Å². The minimum atomic E-state index is -4.59. The number of allylic oxidation sites excluding steroid dienone is 3. The van der Waals surface area contributed by atoms with E-state index in [0.29, 0.717) is 17.4 Å². The van der Waals surface area contributed by atoms with Crippen molar-refractivity contribution in [2.75, 3.05) is 40.9 Å². The van der Waals surface area contributed by atoms with Crippen LogP contribution >= 0.6 is 7.82 Å². The molecule has 0 bridgehead atoms. The Balaban J connectivity index is 4.13. The number of hydrogen-bond acceptors (Lipinski definition) is 6. The number of aliphatic hydroxyl groups excluding tert-OH is 1. The molecule has 0 rings (SSSR count). The molecule has 0 heterocycles. The largest absolute Gasteiger partial charge is 0.756 e. The number of carbonyl (C=O) groups is 1. The highest BCUT2D eigenvalue weighted by atomic mass is 31.2. The number of hydrogen-bond donors (Lipinski definition) is 2. The van der Waals surface area contributed by atoms with Crippen molar-refractivity contribution in [3.05, 3.63) is 24.3 Å². The van der Waals surface area contributed by atoms with Crippen molar-refractivity contribution in [2.24, 2.45) is 0 Å². The van der Waals surface area contributed by atoms with Crippen molar-refractivity contribution in [3.63, 3.8) is 0 Å². The molecule has 0 saturated heterocycles. The van der Waals surface area contributed by atoms with E-state index in [1.807, 2.05) is 27.2 Å². The van der Waals surface area contributed by atoms with E-state index in [2.05, 4.69) is 31.3 Å². The van der Waals surface area contributed by atoms with Crippen LogP contribution in [0.2, 0.25) is 0 Å². The first-order valence-electron chi connectivity index (χ1n) is 27.2. The maximum Gasteiger partial charge on any atom is 0.268 e. The number of nitrogens with one attached hydrogen (secondary N) is 1. The van der Waals surface area contributed by atoms with Crippen LogP contribution in [-0.4, -0.2) is 68.5 Å². The third-order valence-electron chi connectivity index (χ3n) is 12.4. The first-order valence-corrected chi connectivity index (χ1v) is 28.7. The number of amides is 1. The first-order chi connectivity index (χ1) is 30.5. The molecule has 0 fully saturated rings. The summed E-state index contributed by atoms with van der Waals surface area (Å²) in [4.78, 5) is 25.4. The van der Waals surface area contributed by atoms with Gasteiger partial charge in [-0.05, 0) is 44.9 Å². The van der Waals surface area contributed by atoms with Gasteiger partial charge >= 0.3 is 0 Å². The molecule has 0 saturated carbocycles. The van der Waals surface area contributed by atoms with Crippen LogP contribution in [0.5, 0.6) is 0 Å². The maximum atomic E-state index is 12.9. The molecule has 1 amide bonds. The second-order valence-corrected chi connectivity index (χ2v) is 21.3. The summed E-state index contributed by atoms with van der Waals surface area (Å²) in [6, 6.07) is -0.883. The van der Waals surface area contributed by atoms with Gasteiger partial charge in [0.15, 0.2) is 0 Å². The van der Waals surface area contributed by atoms with Crippen molar-refractivity contribution in [2.45, 2.75) is 276 Å². The summed E-state index contributed by atoms with van der Waals surface area (Å²) in [5, 5.41) is 13.8. The lowest BCUT2D eigenvalue weighted by atomic mass is 10.0. The lowest BCUT2D eigenvalue weighted by Crippen LogP contribution is -2.45. The molecule has 0 aromatic rings. The Morgan fingerprint density at radius 3 is 1.24 bits per heavy atom. The molecule has 0 aliphatic rings. The number of rotatable bonds is 50. The Morgan fingerprint density at radius 1 is 0.540 bits per heavy atom. The topological polar surface area (TPSA) is 108 Å². The third kappa shape index (κ3) is 48.7. The molecular formula is C54H107N2O6P. The molecule has 9 heteroatoms. The van der Waals surface area contributed by atoms with Crippen molar-refractivity contribution in [3.8, 4) is 0 Å².